The lowest BCUT2D eigenvalue weighted by Crippen LogP contribution is -2.18. The van der Waals surface area contributed by atoms with Gasteiger partial charge in [0.2, 0.25) is 5.95 Å². The third-order valence-electron chi connectivity index (χ3n) is 5.01. The number of rotatable bonds is 4. The average molecular weight is 273 g/mol. The van der Waals surface area contributed by atoms with Crippen molar-refractivity contribution in [2.24, 2.45) is 17.8 Å². The van der Waals surface area contributed by atoms with Crippen molar-refractivity contribution < 1.29 is 0 Å². The number of hydrogen-bond donors (Lipinski definition) is 3. The minimum Gasteiger partial charge on any atom is -0.356 e. The van der Waals surface area contributed by atoms with E-state index in [1.165, 1.54) is 38.3 Å². The Balaban J connectivity index is 1.39. The van der Waals surface area contributed by atoms with E-state index in [4.69, 9.17) is 0 Å². The van der Waals surface area contributed by atoms with Crippen LogP contribution in [0.5, 0.6) is 0 Å². The molecule has 3 unspecified atom stereocenters. The highest BCUT2D eigenvalue weighted by Crippen LogP contribution is 2.49. The Bertz CT molecular complexity index is 675. The van der Waals surface area contributed by atoms with Crippen molar-refractivity contribution in [3.05, 3.63) is 16.6 Å². The summed E-state index contributed by atoms with van der Waals surface area (Å²) in [5.74, 6) is 3.34. The van der Waals surface area contributed by atoms with Crippen LogP contribution in [0, 0.1) is 17.8 Å². The van der Waals surface area contributed by atoms with Crippen LogP contribution in [0.1, 0.15) is 32.1 Å². The van der Waals surface area contributed by atoms with E-state index in [2.05, 4.69) is 25.5 Å². The number of anilines is 1. The molecule has 2 aliphatic rings. The Hall–Kier alpha value is -1.85. The molecule has 2 saturated carbocycles. The number of aromatic amines is 2. The van der Waals surface area contributed by atoms with Gasteiger partial charge < -0.3 is 5.32 Å². The zero-order valence-corrected chi connectivity index (χ0v) is 11.4. The van der Waals surface area contributed by atoms with Crippen molar-refractivity contribution in [3.8, 4) is 0 Å². The minimum absolute atomic E-state index is 0.147. The largest absolute Gasteiger partial charge is 0.356 e. The maximum absolute atomic E-state index is 11.8. The molecule has 106 valence electrons. The molecule has 2 aromatic heterocycles. The normalized spacial score (nSPS) is 28.3. The lowest BCUT2D eigenvalue weighted by atomic mass is 9.86. The first kappa shape index (κ1) is 11.9. The number of fused-ring (bicyclic) bond motifs is 3. The fourth-order valence-electron chi connectivity index (χ4n) is 4.04. The van der Waals surface area contributed by atoms with E-state index in [0.29, 0.717) is 17.0 Å². The Morgan fingerprint density at radius 1 is 1.35 bits per heavy atom. The summed E-state index contributed by atoms with van der Waals surface area (Å²) in [4.78, 5) is 18.9. The minimum atomic E-state index is -0.147. The van der Waals surface area contributed by atoms with Gasteiger partial charge in [-0.25, -0.2) is 0 Å². The standard InChI is InChI=1S/C14H19N5O/c20-13-11-7-16-19-12(11)17-14(18-13)15-4-3-10-6-8-1-2-9(10)5-8/h7-10H,1-6H2,(H3,15,16,17,18,19,20). The van der Waals surface area contributed by atoms with Gasteiger partial charge in [-0.05, 0) is 43.4 Å². The first-order valence-electron chi connectivity index (χ1n) is 7.47. The highest BCUT2D eigenvalue weighted by molar-refractivity contribution is 5.73. The lowest BCUT2D eigenvalue weighted by molar-refractivity contribution is 0.320. The van der Waals surface area contributed by atoms with Crippen LogP contribution in [-0.2, 0) is 0 Å². The number of hydrogen-bond acceptors (Lipinski definition) is 4. The predicted molar refractivity (Wildman–Crippen MR) is 76.6 cm³/mol. The van der Waals surface area contributed by atoms with Gasteiger partial charge >= 0.3 is 0 Å². The summed E-state index contributed by atoms with van der Waals surface area (Å²) in [6.45, 7) is 0.871. The number of nitrogens with one attached hydrogen (secondary N) is 3. The zero-order chi connectivity index (χ0) is 13.5. The van der Waals surface area contributed by atoms with Crippen molar-refractivity contribution in [1.82, 2.24) is 20.2 Å². The maximum atomic E-state index is 11.8. The van der Waals surface area contributed by atoms with Gasteiger partial charge in [0.1, 0.15) is 5.39 Å². The van der Waals surface area contributed by atoms with Gasteiger partial charge in [-0.2, -0.15) is 10.1 Å². The Morgan fingerprint density at radius 3 is 3.10 bits per heavy atom. The molecule has 0 saturated heterocycles. The van der Waals surface area contributed by atoms with Crippen molar-refractivity contribution in [2.75, 3.05) is 11.9 Å². The van der Waals surface area contributed by atoms with E-state index in [1.54, 1.807) is 0 Å². The van der Waals surface area contributed by atoms with Gasteiger partial charge in [-0.3, -0.25) is 14.9 Å². The van der Waals surface area contributed by atoms with Crippen LogP contribution in [0.25, 0.3) is 11.0 Å². The first-order valence-corrected chi connectivity index (χ1v) is 7.47. The maximum Gasteiger partial charge on any atom is 0.263 e. The van der Waals surface area contributed by atoms with Crippen LogP contribution in [0.3, 0.4) is 0 Å². The molecular weight excluding hydrogens is 254 g/mol. The third kappa shape index (κ3) is 1.99. The molecule has 3 N–H and O–H groups in total. The van der Waals surface area contributed by atoms with E-state index in [9.17, 15) is 4.79 Å². The molecule has 2 bridgehead atoms. The summed E-state index contributed by atoms with van der Waals surface area (Å²) in [6.07, 6.45) is 8.38. The average Bonchev–Trinajstić information content (AvgIpc) is 3.13. The lowest BCUT2D eigenvalue weighted by Gasteiger charge is -2.21. The third-order valence-corrected chi connectivity index (χ3v) is 5.01. The Labute approximate surface area is 116 Å². The van der Waals surface area contributed by atoms with E-state index >= 15 is 0 Å². The number of aromatic nitrogens is 4. The molecule has 20 heavy (non-hydrogen) atoms. The van der Waals surface area contributed by atoms with Crippen LogP contribution < -0.4 is 10.9 Å². The van der Waals surface area contributed by atoms with Crippen molar-refractivity contribution >= 4 is 17.0 Å². The molecule has 2 fully saturated rings. The van der Waals surface area contributed by atoms with Gasteiger partial charge in [0.25, 0.3) is 5.56 Å². The van der Waals surface area contributed by atoms with Crippen molar-refractivity contribution in [1.29, 1.82) is 0 Å². The van der Waals surface area contributed by atoms with Crippen molar-refractivity contribution in [3.63, 3.8) is 0 Å². The quantitative estimate of drug-likeness (QED) is 0.794. The smallest absolute Gasteiger partial charge is 0.263 e. The van der Waals surface area contributed by atoms with E-state index in [0.717, 1.165) is 24.3 Å². The number of H-pyrrole nitrogens is 2. The second-order valence-corrected chi connectivity index (χ2v) is 6.20. The van der Waals surface area contributed by atoms with Crippen LogP contribution in [0.4, 0.5) is 5.95 Å². The molecule has 6 heteroatoms. The molecule has 3 atom stereocenters. The van der Waals surface area contributed by atoms with Crippen LogP contribution in [-0.4, -0.2) is 26.7 Å². The molecular formula is C14H19N5O. The molecule has 0 spiro atoms. The SMILES string of the molecule is O=c1[nH]c(NCCC2CC3CCC2C3)nc2[nH]ncc12. The molecule has 2 aromatic rings. The zero-order valence-electron chi connectivity index (χ0n) is 11.4. The summed E-state index contributed by atoms with van der Waals surface area (Å²) >= 11 is 0. The fraction of sp³-hybridized carbons (Fsp3) is 0.643. The van der Waals surface area contributed by atoms with E-state index in [1.807, 2.05) is 0 Å². The van der Waals surface area contributed by atoms with Gasteiger partial charge in [0, 0.05) is 6.54 Å². The second-order valence-electron chi connectivity index (χ2n) is 6.20. The molecule has 6 nitrogen and oxygen atoms in total. The molecule has 0 radical (unpaired) electrons. The van der Waals surface area contributed by atoms with Crippen LogP contribution >= 0.6 is 0 Å². The summed E-state index contributed by atoms with van der Waals surface area (Å²) in [6, 6.07) is 0. The van der Waals surface area contributed by atoms with Crippen LogP contribution in [0.2, 0.25) is 0 Å². The number of nitrogens with zero attached hydrogens (tertiary/aromatic N) is 2. The molecule has 4 rings (SSSR count). The first-order chi connectivity index (χ1) is 9.79. The van der Waals surface area contributed by atoms with Gasteiger partial charge in [0.15, 0.2) is 5.65 Å². The summed E-state index contributed by atoms with van der Waals surface area (Å²) in [5.41, 5.74) is 0.391. The molecule has 0 amide bonds. The van der Waals surface area contributed by atoms with Crippen molar-refractivity contribution in [2.45, 2.75) is 32.1 Å². The summed E-state index contributed by atoms with van der Waals surface area (Å²) < 4.78 is 0. The molecule has 0 aliphatic heterocycles. The predicted octanol–water partition coefficient (Wildman–Crippen LogP) is 1.88. The van der Waals surface area contributed by atoms with Gasteiger partial charge in [-0.1, -0.05) is 6.42 Å². The molecule has 0 aromatic carbocycles. The van der Waals surface area contributed by atoms with E-state index < -0.39 is 0 Å². The van der Waals surface area contributed by atoms with E-state index in [-0.39, 0.29) is 5.56 Å². The highest BCUT2D eigenvalue weighted by Gasteiger charge is 2.38. The molecule has 2 aliphatic carbocycles. The Kier molecular flexibility index (Phi) is 2.75. The topological polar surface area (TPSA) is 86.5 Å². The van der Waals surface area contributed by atoms with Crippen LogP contribution in [0.15, 0.2) is 11.0 Å². The molecule has 2 heterocycles. The van der Waals surface area contributed by atoms with Gasteiger partial charge in [-0.15, -0.1) is 0 Å². The summed E-state index contributed by atoms with van der Waals surface area (Å²) in [7, 11) is 0. The fourth-order valence-corrected chi connectivity index (χ4v) is 4.04. The summed E-state index contributed by atoms with van der Waals surface area (Å²) in [5, 5.41) is 10.3. The highest BCUT2D eigenvalue weighted by atomic mass is 16.1. The van der Waals surface area contributed by atoms with Gasteiger partial charge in [0.05, 0.1) is 6.20 Å². The monoisotopic (exact) mass is 273 g/mol. The Morgan fingerprint density at radius 2 is 2.30 bits per heavy atom. The second kappa shape index (κ2) is 4.61.